The number of nitrogens with zero attached hydrogens (tertiary/aromatic N) is 1. The molecule has 1 atom stereocenters. The van der Waals surface area contributed by atoms with Crippen molar-refractivity contribution in [2.45, 2.75) is 77.7 Å². The molecule has 22 heavy (non-hydrogen) atoms. The number of quaternary nitrogens is 1. The van der Waals surface area contributed by atoms with Crippen molar-refractivity contribution in [2.75, 3.05) is 20.6 Å². The summed E-state index contributed by atoms with van der Waals surface area (Å²) in [5, 5.41) is 10.1. The van der Waals surface area contributed by atoms with E-state index >= 15 is 0 Å². The fourth-order valence-corrected chi connectivity index (χ4v) is 2.55. The number of rotatable bonds is 13. The lowest BCUT2D eigenvalue weighted by Crippen LogP contribution is -2.57. The summed E-state index contributed by atoms with van der Waals surface area (Å²) in [7, 11) is 3.77. The largest absolute Gasteiger partial charge is 0.387 e. The number of aliphatic hydroxyl groups excluding tert-OH is 1. The van der Waals surface area contributed by atoms with Crippen LogP contribution in [0.4, 0.5) is 0 Å². The van der Waals surface area contributed by atoms with Gasteiger partial charge in [-0.15, -0.1) is 0 Å². The zero-order chi connectivity index (χ0) is 17.0. The van der Waals surface area contributed by atoms with E-state index in [4.69, 9.17) is 0 Å². The molecule has 0 saturated heterocycles. The van der Waals surface area contributed by atoms with E-state index in [2.05, 4.69) is 18.9 Å². The van der Waals surface area contributed by atoms with Gasteiger partial charge >= 0.3 is 0 Å². The van der Waals surface area contributed by atoms with E-state index in [0.717, 1.165) is 12.8 Å². The van der Waals surface area contributed by atoms with E-state index < -0.39 is 0 Å². The van der Waals surface area contributed by atoms with Crippen LogP contribution in [0.3, 0.4) is 0 Å². The van der Waals surface area contributed by atoms with Gasteiger partial charge in [0.15, 0.2) is 0 Å². The zero-order valence-electron chi connectivity index (χ0n) is 15.2. The van der Waals surface area contributed by atoms with E-state index in [-0.39, 0.29) is 16.6 Å². The number of likely N-dealkylation sites (N-methyl/N-ethyl adjacent to an activating group) is 1. The summed E-state index contributed by atoms with van der Waals surface area (Å²) in [6, 6.07) is 0. The molecule has 1 unspecified atom stereocenters. The first-order valence-electron chi connectivity index (χ1n) is 8.77. The Balaban J connectivity index is 3.73. The van der Waals surface area contributed by atoms with Gasteiger partial charge in [0.2, 0.25) is 0 Å². The minimum absolute atomic E-state index is 0.163. The lowest BCUT2D eigenvalue weighted by Gasteiger charge is -2.31. The van der Waals surface area contributed by atoms with Gasteiger partial charge in [0.05, 0.1) is 14.1 Å². The molecule has 0 rings (SSSR count). The molecule has 0 aliphatic carbocycles. The minimum atomic E-state index is -0.375. The summed E-state index contributed by atoms with van der Waals surface area (Å²) in [5.74, 6) is -0.163. The maximum Gasteiger partial charge on any atom is 0.290 e. The number of hydrogen-bond donors (Lipinski definition) is 2. The third kappa shape index (κ3) is 11.8. The third-order valence-corrected chi connectivity index (χ3v) is 3.85. The summed E-state index contributed by atoms with van der Waals surface area (Å²) < 4.78 is 0.282. The van der Waals surface area contributed by atoms with Gasteiger partial charge in [-0.2, -0.15) is 5.43 Å². The highest BCUT2D eigenvalue weighted by Gasteiger charge is 2.23. The quantitative estimate of drug-likeness (QED) is 0.236. The molecule has 0 aliphatic heterocycles. The Bertz CT molecular complexity index is 327. The fourth-order valence-electron chi connectivity index (χ4n) is 2.55. The second kappa shape index (κ2) is 11.7. The molecular weight excluding hydrogens is 276 g/mol. The smallest absolute Gasteiger partial charge is 0.290 e. The Labute approximate surface area is 137 Å². The molecule has 4 nitrogen and oxygen atoms in total. The molecule has 0 fully saturated rings. The average Bonchev–Trinajstić information content (AvgIpc) is 2.40. The van der Waals surface area contributed by atoms with Crippen LogP contribution in [0, 0.1) is 0 Å². The standard InChI is InChI=1S/C18H36N2O2/c1-6-7-8-9-10-11-12-13-14-17(21)15-20(4,5)19-18(22)16(2)3/h17,21H,2,6-15H2,1,3-5H3/p+1. The molecule has 4 heteroatoms. The number of carbonyl (C=O) groups excluding carboxylic acids is 1. The number of unbranched alkanes of at least 4 members (excludes halogenated alkanes) is 7. The molecule has 0 radical (unpaired) electrons. The van der Waals surface area contributed by atoms with Crippen LogP contribution < -0.4 is 5.43 Å². The minimum Gasteiger partial charge on any atom is -0.387 e. The first-order valence-corrected chi connectivity index (χ1v) is 8.77. The Hall–Kier alpha value is -0.870. The van der Waals surface area contributed by atoms with E-state index in [1.165, 1.54) is 44.9 Å². The molecular formula is C18H37N2O2+. The van der Waals surface area contributed by atoms with Gasteiger partial charge in [-0.25, -0.2) is 4.59 Å². The van der Waals surface area contributed by atoms with Crippen LogP contribution in [0.25, 0.3) is 0 Å². The molecule has 1 amide bonds. The second-order valence-electron chi connectivity index (χ2n) is 7.01. The van der Waals surface area contributed by atoms with Crippen molar-refractivity contribution in [2.24, 2.45) is 0 Å². The van der Waals surface area contributed by atoms with Gasteiger partial charge in [-0.3, -0.25) is 4.79 Å². The Morgan fingerprint density at radius 1 is 1.09 bits per heavy atom. The summed E-state index contributed by atoms with van der Waals surface area (Å²) in [6.07, 6.45) is 10.6. The van der Waals surface area contributed by atoms with Crippen LogP contribution in [0.15, 0.2) is 12.2 Å². The molecule has 0 saturated carbocycles. The van der Waals surface area contributed by atoms with E-state index in [0.29, 0.717) is 12.1 Å². The molecule has 130 valence electrons. The molecule has 0 spiro atoms. The van der Waals surface area contributed by atoms with Crippen molar-refractivity contribution in [3.8, 4) is 0 Å². The van der Waals surface area contributed by atoms with Crippen LogP contribution in [0.1, 0.15) is 71.6 Å². The van der Waals surface area contributed by atoms with Gasteiger partial charge in [0, 0.05) is 5.57 Å². The highest BCUT2D eigenvalue weighted by atomic mass is 16.3. The second-order valence-corrected chi connectivity index (χ2v) is 7.01. The van der Waals surface area contributed by atoms with Crippen molar-refractivity contribution in [1.82, 2.24) is 5.43 Å². The van der Waals surface area contributed by atoms with Crippen LogP contribution in [0.5, 0.6) is 0 Å². The van der Waals surface area contributed by atoms with Gasteiger partial charge in [-0.05, 0) is 13.3 Å². The van der Waals surface area contributed by atoms with Crippen LogP contribution in [0.2, 0.25) is 0 Å². The van der Waals surface area contributed by atoms with Gasteiger partial charge in [-0.1, -0.05) is 64.9 Å². The molecule has 0 bridgehead atoms. The Morgan fingerprint density at radius 3 is 2.09 bits per heavy atom. The Kier molecular flexibility index (Phi) is 11.2. The zero-order valence-corrected chi connectivity index (χ0v) is 15.2. The van der Waals surface area contributed by atoms with Crippen molar-refractivity contribution >= 4 is 5.91 Å². The summed E-state index contributed by atoms with van der Waals surface area (Å²) in [5.41, 5.74) is 3.35. The SMILES string of the molecule is C=C(C)C(=O)N[N+](C)(C)CC(O)CCCCCCCCCC. The summed E-state index contributed by atoms with van der Waals surface area (Å²) in [4.78, 5) is 11.6. The molecule has 0 aromatic heterocycles. The molecule has 0 aromatic carbocycles. The number of nitrogens with one attached hydrogen (secondary N) is 1. The van der Waals surface area contributed by atoms with Crippen molar-refractivity contribution in [1.29, 1.82) is 0 Å². The lowest BCUT2D eigenvalue weighted by molar-refractivity contribution is -0.927. The van der Waals surface area contributed by atoms with Crippen LogP contribution >= 0.6 is 0 Å². The monoisotopic (exact) mass is 313 g/mol. The summed E-state index contributed by atoms with van der Waals surface area (Å²) in [6.45, 7) is 8.08. The molecule has 0 heterocycles. The average molecular weight is 314 g/mol. The van der Waals surface area contributed by atoms with Crippen LogP contribution in [-0.2, 0) is 4.79 Å². The van der Waals surface area contributed by atoms with Crippen molar-refractivity contribution < 1.29 is 14.5 Å². The normalized spacial score (nSPS) is 13.0. The number of amides is 1. The van der Waals surface area contributed by atoms with Crippen molar-refractivity contribution in [3.63, 3.8) is 0 Å². The van der Waals surface area contributed by atoms with E-state index in [9.17, 15) is 9.90 Å². The highest BCUT2D eigenvalue weighted by Crippen LogP contribution is 2.11. The first-order chi connectivity index (χ1) is 10.3. The van der Waals surface area contributed by atoms with Gasteiger partial charge < -0.3 is 5.11 Å². The lowest BCUT2D eigenvalue weighted by atomic mass is 10.1. The van der Waals surface area contributed by atoms with Crippen molar-refractivity contribution in [3.05, 3.63) is 12.2 Å². The molecule has 0 aromatic rings. The number of carbonyl (C=O) groups is 1. The maximum absolute atomic E-state index is 11.6. The molecule has 2 N–H and O–H groups in total. The first kappa shape index (κ1) is 21.1. The topological polar surface area (TPSA) is 49.3 Å². The summed E-state index contributed by atoms with van der Waals surface area (Å²) >= 11 is 0. The third-order valence-electron chi connectivity index (χ3n) is 3.85. The highest BCUT2D eigenvalue weighted by molar-refractivity contribution is 5.91. The number of aliphatic hydroxyl groups is 1. The number of hydrogen-bond acceptors (Lipinski definition) is 2. The predicted octanol–water partition coefficient (Wildman–Crippen LogP) is 3.56. The van der Waals surface area contributed by atoms with Gasteiger partial charge in [0.25, 0.3) is 5.91 Å². The predicted molar refractivity (Wildman–Crippen MR) is 93.2 cm³/mol. The fraction of sp³-hybridized carbons (Fsp3) is 0.833. The van der Waals surface area contributed by atoms with Gasteiger partial charge in [0.1, 0.15) is 12.6 Å². The molecule has 0 aliphatic rings. The van der Waals surface area contributed by atoms with E-state index in [1.807, 2.05) is 14.1 Å². The maximum atomic E-state index is 11.6. The Morgan fingerprint density at radius 2 is 1.59 bits per heavy atom. The van der Waals surface area contributed by atoms with E-state index in [1.54, 1.807) is 6.92 Å². The van der Waals surface area contributed by atoms with Crippen LogP contribution in [-0.4, -0.2) is 42.3 Å².